The average Bonchev–Trinajstić information content (AvgIpc) is 0.800. The van der Waals surface area contributed by atoms with Crippen molar-refractivity contribution in [2.24, 2.45) is 0 Å². The topological polar surface area (TPSA) is 89.5 Å². The molecule has 0 bridgehead atoms. The predicted molar refractivity (Wildman–Crippen MR) is 614 cm³/mol. The van der Waals surface area contributed by atoms with Crippen LogP contribution < -0.4 is 9.05 Å². The Kier molecular flexibility index (Phi) is 104. The van der Waals surface area contributed by atoms with E-state index in [2.05, 4.69) is 90.1 Å². The lowest BCUT2D eigenvalue weighted by Crippen LogP contribution is -2.18. The van der Waals surface area contributed by atoms with Crippen LogP contribution in [0.3, 0.4) is 0 Å². The van der Waals surface area contributed by atoms with Gasteiger partial charge < -0.3 is 27.6 Å². The maximum atomic E-state index is 12.3. The molecule has 12 heteroatoms. The van der Waals surface area contributed by atoms with Crippen molar-refractivity contribution in [3.05, 3.63) is 59.7 Å². The van der Waals surface area contributed by atoms with Gasteiger partial charge in [0.25, 0.3) is 15.2 Å². The molecule has 0 radical (unpaired) electrons. The number of ether oxygens (including phenoxy) is 2. The Morgan fingerprint density at radius 3 is 0.540 bits per heavy atom. The van der Waals surface area contributed by atoms with Crippen molar-refractivity contribution in [3.63, 3.8) is 0 Å². The third kappa shape index (κ3) is 94.0. The summed E-state index contributed by atoms with van der Waals surface area (Å²) in [7, 11) is -2.18. The lowest BCUT2D eigenvalue weighted by atomic mass is 9.78. The number of carbonyl (C=O) groups is 2. The molecule has 0 fully saturated rings. The van der Waals surface area contributed by atoms with Crippen molar-refractivity contribution in [2.75, 3.05) is 37.9 Å². The molecule has 137 heavy (non-hydrogen) atoms. The standard InChI is InChI=1S/C125H234O8P2S2/c1-7-11-15-19-23-27-31-35-39-49-57-65-73-81-89-97-113-128-123(126)103-95-87-79-71-63-55-47-43-45-53-61-69-77-85-93-101-117-136-134(130-115-99-91-83-75-67-59-51-41-37-33-29-25-21-17-13-9-3)132-121-109-105-119(106-110-121)125(5,6)120-107-111-122(112-108-120)133-135(131-116-100-92-84-76-68-60-52-42-38-34-30-26-22-18-14-10-4)137-118-102-94-86-78-70-62-54-46-44-48-56-64-72-80-88-96-104-124(127)129-114-98-90-82-74-66-58-50-40-36-32-28-24-20-16-12-8-2/h105-112H,7-104,113-118H2,1-6H3. The summed E-state index contributed by atoms with van der Waals surface area (Å²) in [6, 6.07) is 17.9. The first-order valence-corrected chi connectivity index (χ1v) is 67.3. The van der Waals surface area contributed by atoms with Gasteiger partial charge in [0.15, 0.2) is 0 Å². The lowest BCUT2D eigenvalue weighted by Gasteiger charge is -2.27. The molecule has 2 unspecified atom stereocenters. The van der Waals surface area contributed by atoms with Gasteiger partial charge in [0.1, 0.15) is 11.5 Å². The van der Waals surface area contributed by atoms with E-state index in [-0.39, 0.29) is 17.4 Å². The van der Waals surface area contributed by atoms with Gasteiger partial charge in [-0.15, -0.1) is 0 Å². The molecule has 0 saturated carbocycles. The minimum Gasteiger partial charge on any atom is -0.466 e. The van der Waals surface area contributed by atoms with Gasteiger partial charge in [-0.1, -0.05) is 654 Å². The van der Waals surface area contributed by atoms with Gasteiger partial charge in [0.05, 0.1) is 26.4 Å². The molecule has 0 aliphatic carbocycles. The number of benzene rings is 2. The van der Waals surface area contributed by atoms with E-state index in [0.29, 0.717) is 26.1 Å². The number of unbranched alkanes of at least 4 members (excludes halogenated alkanes) is 90. The Bertz CT molecular complexity index is 2510. The van der Waals surface area contributed by atoms with E-state index in [1.165, 1.54) is 576 Å². The molecular weight excluding hydrogens is 1760 g/mol. The van der Waals surface area contributed by atoms with E-state index < -0.39 is 15.2 Å². The monoisotopic (exact) mass is 1990 g/mol. The largest absolute Gasteiger partial charge is 0.466 e. The van der Waals surface area contributed by atoms with Crippen molar-refractivity contribution in [3.8, 4) is 11.5 Å². The maximum Gasteiger partial charge on any atom is 0.305 e. The van der Waals surface area contributed by atoms with Crippen molar-refractivity contribution in [1.82, 2.24) is 0 Å². The molecular formula is C125H234O8P2S2. The summed E-state index contributed by atoms with van der Waals surface area (Å²) in [5, 5.41) is 0. The van der Waals surface area contributed by atoms with Crippen LogP contribution in [0.1, 0.15) is 682 Å². The maximum absolute atomic E-state index is 12.3. The third-order valence-corrected chi connectivity index (χ3v) is 35.7. The summed E-state index contributed by atoms with van der Waals surface area (Å²) in [4.78, 5) is 24.6. The van der Waals surface area contributed by atoms with Gasteiger partial charge in [0, 0.05) is 29.8 Å². The van der Waals surface area contributed by atoms with Gasteiger partial charge >= 0.3 is 11.9 Å². The van der Waals surface area contributed by atoms with Gasteiger partial charge in [-0.2, -0.15) is 0 Å². The Morgan fingerprint density at radius 2 is 0.358 bits per heavy atom. The second-order valence-corrected chi connectivity index (χ2v) is 49.6. The fraction of sp³-hybridized carbons (Fsp3) is 0.888. The average molecular weight is 1990 g/mol. The third-order valence-electron chi connectivity index (χ3n) is 29.4. The van der Waals surface area contributed by atoms with Crippen LogP contribution in [-0.2, 0) is 33.5 Å². The van der Waals surface area contributed by atoms with E-state index in [1.807, 2.05) is 22.8 Å². The van der Waals surface area contributed by atoms with E-state index >= 15 is 0 Å². The fourth-order valence-corrected chi connectivity index (χ4v) is 25.6. The molecule has 804 valence electrons. The van der Waals surface area contributed by atoms with E-state index in [1.54, 1.807) is 0 Å². The molecule has 2 atom stereocenters. The highest BCUT2D eigenvalue weighted by atomic mass is 32.7. The first kappa shape index (κ1) is 132. The quantitative estimate of drug-likeness (QED) is 0.0362. The summed E-state index contributed by atoms with van der Waals surface area (Å²) >= 11 is 3.84. The molecule has 0 N–H and O–H groups in total. The zero-order valence-electron chi connectivity index (χ0n) is 92.6. The second-order valence-electron chi connectivity index (χ2n) is 43.1. The molecule has 0 amide bonds. The Balaban J connectivity index is 1.75. The fourth-order valence-electron chi connectivity index (χ4n) is 19.7. The van der Waals surface area contributed by atoms with Crippen LogP contribution >= 0.6 is 37.9 Å². The summed E-state index contributed by atoms with van der Waals surface area (Å²) in [5.41, 5.74) is 2.35. The molecule has 0 spiro atoms. The molecule has 0 aliphatic rings. The number of carbonyl (C=O) groups excluding carboxylic acids is 2. The number of hydrogen-bond donors (Lipinski definition) is 0. The summed E-state index contributed by atoms with van der Waals surface area (Å²) in [5.74, 6) is 4.04. The minimum atomic E-state index is -1.09. The SMILES string of the molecule is CCCCCCCCCCCCCCCCCCOC(=O)CCCCCCCCCCCCCCCCCCSP(OCCCCCCCCCCCCCCCCCC)Oc1ccc(C(C)(C)c2ccc(OP(OCCCCCCCCCCCCCCCCCC)SCCCCCCCCCCCCCCCCCCC(=O)OCCCCCCCCCCCCCCCCCC)cc2)cc1. The highest BCUT2D eigenvalue weighted by Gasteiger charge is 2.25. The summed E-state index contributed by atoms with van der Waals surface area (Å²) < 4.78 is 38.1. The predicted octanol–water partition coefficient (Wildman–Crippen LogP) is 46.1. The molecule has 0 aliphatic heterocycles. The number of esters is 2. The van der Waals surface area contributed by atoms with Crippen molar-refractivity contribution < 1.29 is 37.2 Å². The zero-order chi connectivity index (χ0) is 98.0. The van der Waals surface area contributed by atoms with Crippen molar-refractivity contribution in [2.45, 2.75) is 676 Å². The Morgan fingerprint density at radius 1 is 0.204 bits per heavy atom. The van der Waals surface area contributed by atoms with Gasteiger partial charge in [0.2, 0.25) is 0 Å². The minimum absolute atomic E-state index is 0.0210. The van der Waals surface area contributed by atoms with Crippen LogP contribution in [0.25, 0.3) is 0 Å². The van der Waals surface area contributed by atoms with Crippen LogP contribution in [0.4, 0.5) is 0 Å². The lowest BCUT2D eigenvalue weighted by molar-refractivity contribution is -0.144. The molecule has 2 aromatic carbocycles. The van der Waals surface area contributed by atoms with Gasteiger partial charge in [-0.05, 0) is 86.8 Å². The van der Waals surface area contributed by atoms with E-state index in [0.717, 1.165) is 87.6 Å². The van der Waals surface area contributed by atoms with E-state index in [9.17, 15) is 9.59 Å². The molecule has 0 saturated heterocycles. The molecule has 0 aromatic heterocycles. The summed E-state index contributed by atoms with van der Waals surface area (Å²) in [6.45, 7) is 16.7. The Labute approximate surface area is 866 Å². The number of rotatable bonds is 116. The molecule has 0 heterocycles. The van der Waals surface area contributed by atoms with E-state index in [4.69, 9.17) is 27.6 Å². The van der Waals surface area contributed by atoms with Gasteiger partial charge in [-0.25, -0.2) is 0 Å². The van der Waals surface area contributed by atoms with Crippen LogP contribution in [0.15, 0.2) is 48.5 Å². The van der Waals surface area contributed by atoms with Crippen LogP contribution in [0, 0.1) is 0 Å². The molecule has 2 rings (SSSR count). The second kappa shape index (κ2) is 109. The Hall–Kier alpha value is -1.54. The molecule has 2 aromatic rings. The summed E-state index contributed by atoms with van der Waals surface area (Å²) in [6.07, 6.45) is 131. The van der Waals surface area contributed by atoms with Gasteiger partial charge in [-0.3, -0.25) is 9.59 Å². The smallest absolute Gasteiger partial charge is 0.305 e. The van der Waals surface area contributed by atoms with Crippen LogP contribution in [-0.4, -0.2) is 49.9 Å². The highest BCUT2D eigenvalue weighted by molar-refractivity contribution is 8.53. The first-order valence-electron chi connectivity index (χ1n) is 61.7. The first-order chi connectivity index (χ1) is 67.7. The van der Waals surface area contributed by atoms with Crippen molar-refractivity contribution in [1.29, 1.82) is 0 Å². The number of hydrogen-bond acceptors (Lipinski definition) is 10. The normalized spacial score (nSPS) is 12.2. The molecule has 8 nitrogen and oxygen atoms in total. The van der Waals surface area contributed by atoms with Crippen LogP contribution in [0.2, 0.25) is 0 Å². The van der Waals surface area contributed by atoms with Crippen LogP contribution in [0.5, 0.6) is 11.5 Å². The highest BCUT2D eigenvalue weighted by Crippen LogP contribution is 2.54. The zero-order valence-corrected chi connectivity index (χ0v) is 96.1. The van der Waals surface area contributed by atoms with Crippen molar-refractivity contribution >= 4 is 49.9 Å².